The zero-order valence-corrected chi connectivity index (χ0v) is 13.0. The van der Waals surface area contributed by atoms with Gasteiger partial charge in [0.25, 0.3) is 0 Å². The van der Waals surface area contributed by atoms with E-state index in [-0.39, 0.29) is 12.1 Å². The molecule has 1 N–H and O–H groups in total. The Bertz CT molecular complexity index is 655. The summed E-state index contributed by atoms with van der Waals surface area (Å²) in [4.78, 5) is 1.87. The van der Waals surface area contributed by atoms with Gasteiger partial charge in [-0.15, -0.1) is 0 Å². The third kappa shape index (κ3) is 4.20. The second kappa shape index (κ2) is 6.78. The minimum absolute atomic E-state index is 0.0423. The van der Waals surface area contributed by atoms with Gasteiger partial charge in [0.1, 0.15) is 0 Å². The quantitative estimate of drug-likeness (QED) is 0.799. The molecule has 0 radical (unpaired) electrons. The van der Waals surface area contributed by atoms with Gasteiger partial charge in [0.2, 0.25) is 0 Å². The molecule has 0 spiro atoms. The minimum atomic E-state index is -4.26. The molecule has 0 atom stereocenters. The first-order valence-electron chi connectivity index (χ1n) is 7.74. The Kier molecular flexibility index (Phi) is 4.86. The van der Waals surface area contributed by atoms with Crippen molar-refractivity contribution in [3.63, 3.8) is 0 Å². The van der Waals surface area contributed by atoms with Gasteiger partial charge < -0.3 is 15.0 Å². The number of halogens is 6. The maximum atomic E-state index is 13.8. The van der Waals surface area contributed by atoms with Crippen molar-refractivity contribution < 1.29 is 31.1 Å². The van der Waals surface area contributed by atoms with Crippen molar-refractivity contribution in [2.75, 3.05) is 18.0 Å². The normalized spacial score (nSPS) is 22.8. The van der Waals surface area contributed by atoms with Gasteiger partial charge in [-0.3, -0.25) is 0 Å². The number of rotatable bonds is 5. The summed E-state index contributed by atoms with van der Waals surface area (Å²) in [6.45, 7) is -3.71. The van der Waals surface area contributed by atoms with E-state index < -0.39 is 30.9 Å². The molecular formula is C16H16F6N2O. The number of anilines is 1. The highest BCUT2D eigenvalue weighted by molar-refractivity contribution is 5.73. The van der Waals surface area contributed by atoms with Gasteiger partial charge >= 0.3 is 12.8 Å². The average molecular weight is 366 g/mol. The smallest absolute Gasteiger partial charge is 0.401 e. The summed E-state index contributed by atoms with van der Waals surface area (Å²) in [5, 5.41) is 2.45. The maximum absolute atomic E-state index is 13.8. The number of benzene rings is 1. The summed E-state index contributed by atoms with van der Waals surface area (Å²) in [6.07, 6.45) is 0.202. The molecule has 138 valence electrons. The third-order valence-electron chi connectivity index (χ3n) is 4.35. The lowest BCUT2D eigenvalue weighted by Gasteiger charge is -2.45. The number of hydrogen-bond acceptors (Lipinski definition) is 3. The van der Waals surface area contributed by atoms with Crippen LogP contribution in [0.2, 0.25) is 0 Å². The minimum Gasteiger partial charge on any atom is -0.432 e. The summed E-state index contributed by atoms with van der Waals surface area (Å²) >= 11 is 0. The van der Waals surface area contributed by atoms with Crippen molar-refractivity contribution in [3.8, 4) is 5.75 Å². The molecule has 3 rings (SSSR count). The Morgan fingerprint density at radius 2 is 1.96 bits per heavy atom. The Balaban J connectivity index is 1.69. The Hall–Kier alpha value is -1.90. The fraction of sp³-hybridized carbons (Fsp3) is 0.500. The number of nitrogens with one attached hydrogen (secondary N) is 1. The molecule has 1 aliphatic carbocycles. The Morgan fingerprint density at radius 1 is 1.24 bits per heavy atom. The van der Waals surface area contributed by atoms with Crippen LogP contribution in [0.3, 0.4) is 0 Å². The lowest BCUT2D eigenvalue weighted by molar-refractivity contribution is -0.127. The van der Waals surface area contributed by atoms with Crippen LogP contribution in [0.15, 0.2) is 18.2 Å². The largest absolute Gasteiger partial charge is 0.432 e. The van der Waals surface area contributed by atoms with Gasteiger partial charge in [-0.1, -0.05) is 12.2 Å². The lowest BCUT2D eigenvalue weighted by atomic mass is 9.84. The van der Waals surface area contributed by atoms with Gasteiger partial charge in [0.05, 0.1) is 6.54 Å². The predicted molar refractivity (Wildman–Crippen MR) is 80.3 cm³/mol. The first kappa shape index (κ1) is 17.9. The molecule has 0 amide bonds. The molecule has 1 aromatic rings. The summed E-state index contributed by atoms with van der Waals surface area (Å²) < 4.78 is 79.4. The fourth-order valence-electron chi connectivity index (χ4n) is 3.13. The van der Waals surface area contributed by atoms with Crippen LogP contribution in [0.4, 0.5) is 32.0 Å². The van der Waals surface area contributed by atoms with Crippen LogP contribution in [-0.2, 0) is 0 Å². The highest BCUT2D eigenvalue weighted by atomic mass is 19.4. The summed E-state index contributed by atoms with van der Waals surface area (Å²) in [6, 6.07) is 2.04. The van der Waals surface area contributed by atoms with Crippen LogP contribution < -0.4 is 15.0 Å². The second-order valence-electron chi connectivity index (χ2n) is 6.09. The molecule has 0 aromatic heterocycles. The van der Waals surface area contributed by atoms with E-state index in [0.717, 1.165) is 6.07 Å². The van der Waals surface area contributed by atoms with Crippen molar-refractivity contribution in [3.05, 3.63) is 29.6 Å². The zero-order chi connectivity index (χ0) is 18.2. The van der Waals surface area contributed by atoms with E-state index in [1.54, 1.807) is 12.2 Å². The van der Waals surface area contributed by atoms with Crippen LogP contribution in [0.25, 0.3) is 6.08 Å². The van der Waals surface area contributed by atoms with E-state index >= 15 is 0 Å². The first-order valence-corrected chi connectivity index (χ1v) is 7.74. The molecule has 1 aromatic carbocycles. The van der Waals surface area contributed by atoms with E-state index in [2.05, 4.69) is 10.1 Å². The summed E-state index contributed by atoms with van der Waals surface area (Å²) in [5.41, 5.74) is 1.07. The van der Waals surface area contributed by atoms with E-state index in [1.807, 2.05) is 4.90 Å². The second-order valence-corrected chi connectivity index (χ2v) is 6.09. The molecule has 1 saturated carbocycles. The van der Waals surface area contributed by atoms with Crippen LogP contribution in [0.5, 0.6) is 5.75 Å². The molecule has 0 bridgehead atoms. The van der Waals surface area contributed by atoms with Crippen molar-refractivity contribution in [2.24, 2.45) is 0 Å². The molecule has 9 heteroatoms. The van der Waals surface area contributed by atoms with Gasteiger partial charge in [0.15, 0.2) is 11.6 Å². The number of fused-ring (bicyclic) bond motifs is 1. The van der Waals surface area contributed by atoms with E-state index in [9.17, 15) is 26.3 Å². The van der Waals surface area contributed by atoms with E-state index in [1.165, 1.54) is 6.07 Å². The fourth-order valence-corrected chi connectivity index (χ4v) is 3.13. The molecular weight excluding hydrogens is 350 g/mol. The van der Waals surface area contributed by atoms with Gasteiger partial charge in [-0.25, -0.2) is 4.39 Å². The first-order chi connectivity index (χ1) is 11.7. The van der Waals surface area contributed by atoms with E-state index in [4.69, 9.17) is 0 Å². The molecule has 3 nitrogen and oxygen atoms in total. The SMILES string of the molecule is Fc1cc2c(cc1OC(F)F)N(C1CC(NCC(F)(F)F)C1)CC=C2. The molecule has 2 aliphatic rings. The summed E-state index contributed by atoms with van der Waals surface area (Å²) in [7, 11) is 0. The Morgan fingerprint density at radius 3 is 2.60 bits per heavy atom. The topological polar surface area (TPSA) is 24.5 Å². The van der Waals surface area contributed by atoms with Crippen molar-refractivity contribution in [2.45, 2.75) is 37.7 Å². The highest BCUT2D eigenvalue weighted by Crippen LogP contribution is 2.38. The van der Waals surface area contributed by atoms with Crippen molar-refractivity contribution >= 4 is 11.8 Å². The molecule has 0 saturated heterocycles. The number of hydrogen-bond donors (Lipinski definition) is 1. The third-order valence-corrected chi connectivity index (χ3v) is 4.35. The van der Waals surface area contributed by atoms with Crippen LogP contribution in [0, 0.1) is 5.82 Å². The maximum Gasteiger partial charge on any atom is 0.401 e. The van der Waals surface area contributed by atoms with Crippen molar-refractivity contribution in [1.29, 1.82) is 0 Å². The van der Waals surface area contributed by atoms with E-state index in [0.29, 0.717) is 30.6 Å². The van der Waals surface area contributed by atoms with Gasteiger partial charge in [-0.2, -0.15) is 22.0 Å². The zero-order valence-electron chi connectivity index (χ0n) is 13.0. The molecule has 25 heavy (non-hydrogen) atoms. The number of ether oxygens (including phenoxy) is 1. The molecule has 1 heterocycles. The number of alkyl halides is 5. The summed E-state index contributed by atoms with van der Waals surface area (Å²) in [5.74, 6) is -1.43. The molecule has 1 aliphatic heterocycles. The van der Waals surface area contributed by atoms with Gasteiger partial charge in [0, 0.05) is 35.9 Å². The van der Waals surface area contributed by atoms with Crippen LogP contribution in [0.1, 0.15) is 18.4 Å². The lowest BCUT2D eigenvalue weighted by Crippen LogP contribution is -2.54. The monoisotopic (exact) mass is 366 g/mol. The average Bonchev–Trinajstić information content (AvgIpc) is 2.45. The van der Waals surface area contributed by atoms with Gasteiger partial charge in [-0.05, 0) is 18.9 Å². The number of nitrogens with zero attached hydrogens (tertiary/aromatic N) is 1. The van der Waals surface area contributed by atoms with Crippen LogP contribution in [-0.4, -0.2) is 38.0 Å². The predicted octanol–water partition coefficient (Wildman–Crippen LogP) is 3.94. The Labute approximate surface area is 140 Å². The van der Waals surface area contributed by atoms with Crippen molar-refractivity contribution in [1.82, 2.24) is 5.32 Å². The highest BCUT2D eigenvalue weighted by Gasteiger charge is 2.37. The molecule has 0 unspecified atom stereocenters. The molecule has 1 fully saturated rings. The standard InChI is InChI=1S/C16H16F6N2O/c17-12-4-9-2-1-3-24(13(9)7-14(12)25-15(18)19)11-5-10(6-11)23-8-16(20,21)22/h1-2,4,7,10-11,15,23H,3,5-6,8H2. The van der Waals surface area contributed by atoms with Crippen LogP contribution >= 0.6 is 0 Å².